The minimum absolute atomic E-state index is 0.189. The first kappa shape index (κ1) is 16.9. The number of hydrogen-bond donors (Lipinski definition) is 2. The highest BCUT2D eigenvalue weighted by Gasteiger charge is 2.14. The first-order chi connectivity index (χ1) is 9.99. The Morgan fingerprint density at radius 3 is 2.67 bits per heavy atom. The molecule has 0 heterocycles. The second-order valence-electron chi connectivity index (χ2n) is 4.74. The molecule has 0 radical (unpaired) electrons. The predicted molar refractivity (Wildman–Crippen MR) is 81.9 cm³/mol. The Kier molecular flexibility index (Phi) is 6.62. The van der Waals surface area contributed by atoms with Crippen molar-refractivity contribution in [2.24, 2.45) is 5.73 Å². The lowest BCUT2D eigenvalue weighted by molar-refractivity contribution is -0.131. The summed E-state index contributed by atoms with van der Waals surface area (Å²) in [6.07, 6.45) is 5.50. The topological polar surface area (TPSA) is 81.4 Å². The van der Waals surface area contributed by atoms with Gasteiger partial charge in [0, 0.05) is 30.8 Å². The number of nitrogens with one attached hydrogen (secondary N) is 1. The van der Waals surface area contributed by atoms with Crippen LogP contribution in [0.1, 0.15) is 48.2 Å². The number of aryl methyl sites for hydroxylation is 1. The van der Waals surface area contributed by atoms with Crippen molar-refractivity contribution in [3.8, 4) is 5.75 Å². The largest absolute Gasteiger partial charge is 0.426 e. The summed E-state index contributed by atoms with van der Waals surface area (Å²) in [6, 6.07) is 3.32. The number of hydrogen-bond acceptors (Lipinski definition) is 4. The van der Waals surface area contributed by atoms with Crippen molar-refractivity contribution in [1.29, 1.82) is 0 Å². The molecule has 114 valence electrons. The highest BCUT2D eigenvalue weighted by Crippen LogP contribution is 2.23. The molecule has 0 aliphatic carbocycles. The number of rotatable bonds is 6. The number of carbonyl (C=O) groups excluding carboxylic acids is 2. The fourth-order valence-electron chi connectivity index (χ4n) is 1.84. The van der Waals surface area contributed by atoms with Crippen LogP contribution in [0.2, 0.25) is 0 Å². The van der Waals surface area contributed by atoms with E-state index in [1.165, 1.54) is 6.92 Å². The summed E-state index contributed by atoms with van der Waals surface area (Å²) in [5.41, 5.74) is 7.52. The van der Waals surface area contributed by atoms with Crippen LogP contribution in [0.3, 0.4) is 0 Å². The lowest BCUT2D eigenvalue weighted by Crippen LogP contribution is -2.19. The van der Waals surface area contributed by atoms with E-state index >= 15 is 0 Å². The normalized spacial score (nSPS) is 10.7. The molecule has 0 aliphatic rings. The molecule has 0 saturated heterocycles. The third-order valence-electron chi connectivity index (χ3n) is 2.91. The van der Waals surface area contributed by atoms with E-state index in [1.807, 2.05) is 6.08 Å². The van der Waals surface area contributed by atoms with Crippen LogP contribution in [-0.2, 0) is 11.3 Å². The van der Waals surface area contributed by atoms with Gasteiger partial charge in [-0.25, -0.2) is 0 Å². The van der Waals surface area contributed by atoms with Gasteiger partial charge in [-0.2, -0.15) is 0 Å². The Bertz CT molecular complexity index is 551. The summed E-state index contributed by atoms with van der Waals surface area (Å²) in [4.78, 5) is 23.2. The Balaban J connectivity index is 2.97. The third kappa shape index (κ3) is 5.04. The van der Waals surface area contributed by atoms with Gasteiger partial charge in [0.25, 0.3) is 5.91 Å². The van der Waals surface area contributed by atoms with Gasteiger partial charge in [-0.1, -0.05) is 19.4 Å². The quantitative estimate of drug-likeness (QED) is 0.622. The van der Waals surface area contributed by atoms with Crippen molar-refractivity contribution in [3.05, 3.63) is 41.1 Å². The molecule has 0 aromatic heterocycles. The molecular formula is C16H22N2O3. The molecule has 0 bridgehead atoms. The van der Waals surface area contributed by atoms with Crippen LogP contribution in [0.4, 0.5) is 0 Å². The van der Waals surface area contributed by atoms with Gasteiger partial charge >= 0.3 is 5.97 Å². The van der Waals surface area contributed by atoms with Gasteiger partial charge in [-0.3, -0.25) is 9.59 Å². The molecule has 5 nitrogen and oxygen atoms in total. The van der Waals surface area contributed by atoms with Gasteiger partial charge in [0.15, 0.2) is 0 Å². The van der Waals surface area contributed by atoms with Crippen molar-refractivity contribution in [1.82, 2.24) is 5.32 Å². The highest BCUT2D eigenvalue weighted by molar-refractivity contribution is 5.96. The molecule has 1 aromatic carbocycles. The first-order valence-electron chi connectivity index (χ1n) is 6.97. The summed E-state index contributed by atoms with van der Waals surface area (Å²) in [7, 11) is 0. The maximum Gasteiger partial charge on any atom is 0.308 e. The molecule has 0 fully saturated rings. The van der Waals surface area contributed by atoms with Crippen molar-refractivity contribution >= 4 is 11.9 Å². The SMILES string of the molecule is CCC/C=C/NC(=O)c1cc(CN)c(OC(C)=O)cc1C. The Labute approximate surface area is 125 Å². The number of nitrogens with two attached hydrogens (primary N) is 1. The minimum atomic E-state index is -0.413. The molecule has 3 N–H and O–H groups in total. The lowest BCUT2D eigenvalue weighted by Gasteiger charge is -2.12. The molecule has 0 unspecified atom stereocenters. The number of amides is 1. The Morgan fingerprint density at radius 2 is 2.10 bits per heavy atom. The summed E-state index contributed by atoms with van der Waals surface area (Å²) in [5, 5.41) is 2.72. The number of ether oxygens (including phenoxy) is 1. The number of carbonyl (C=O) groups is 2. The molecule has 0 spiro atoms. The zero-order chi connectivity index (χ0) is 15.8. The fourth-order valence-corrected chi connectivity index (χ4v) is 1.84. The Hall–Kier alpha value is -2.14. The monoisotopic (exact) mass is 290 g/mol. The van der Waals surface area contributed by atoms with Crippen LogP contribution < -0.4 is 15.8 Å². The second kappa shape index (κ2) is 8.21. The summed E-state index contributed by atoms with van der Waals surface area (Å²) in [6.45, 7) is 5.37. The van der Waals surface area contributed by atoms with Crippen molar-refractivity contribution < 1.29 is 14.3 Å². The average Bonchev–Trinajstić information content (AvgIpc) is 2.43. The van der Waals surface area contributed by atoms with Crippen LogP contribution in [0.25, 0.3) is 0 Å². The summed E-state index contributed by atoms with van der Waals surface area (Å²) < 4.78 is 5.10. The van der Waals surface area contributed by atoms with Crippen molar-refractivity contribution in [3.63, 3.8) is 0 Å². The molecule has 21 heavy (non-hydrogen) atoms. The van der Waals surface area contributed by atoms with E-state index in [1.54, 1.807) is 25.3 Å². The third-order valence-corrected chi connectivity index (χ3v) is 2.91. The molecular weight excluding hydrogens is 268 g/mol. The molecule has 5 heteroatoms. The maximum absolute atomic E-state index is 12.1. The van der Waals surface area contributed by atoms with E-state index in [9.17, 15) is 9.59 Å². The molecule has 0 saturated carbocycles. The van der Waals surface area contributed by atoms with E-state index < -0.39 is 5.97 Å². The molecule has 0 aliphatic heterocycles. The molecule has 1 amide bonds. The van der Waals surface area contributed by atoms with Gasteiger partial charge in [-0.15, -0.1) is 0 Å². The number of esters is 1. The predicted octanol–water partition coefficient (Wildman–Crippen LogP) is 2.42. The highest BCUT2D eigenvalue weighted by atomic mass is 16.5. The van der Waals surface area contributed by atoms with Gasteiger partial charge in [0.2, 0.25) is 0 Å². The van der Waals surface area contributed by atoms with Crippen LogP contribution in [0.5, 0.6) is 5.75 Å². The number of allylic oxidation sites excluding steroid dienone is 1. The molecule has 1 rings (SSSR count). The van der Waals surface area contributed by atoms with Crippen molar-refractivity contribution in [2.75, 3.05) is 0 Å². The maximum atomic E-state index is 12.1. The number of benzene rings is 1. The van der Waals surface area contributed by atoms with E-state index in [0.717, 1.165) is 18.4 Å². The second-order valence-corrected chi connectivity index (χ2v) is 4.74. The fraction of sp³-hybridized carbons (Fsp3) is 0.375. The minimum Gasteiger partial charge on any atom is -0.426 e. The van der Waals surface area contributed by atoms with Gasteiger partial charge in [0.05, 0.1) is 0 Å². The van der Waals surface area contributed by atoms with E-state index in [4.69, 9.17) is 10.5 Å². The number of unbranched alkanes of at least 4 members (excludes halogenated alkanes) is 1. The van der Waals surface area contributed by atoms with E-state index in [2.05, 4.69) is 12.2 Å². The van der Waals surface area contributed by atoms with E-state index in [-0.39, 0.29) is 12.5 Å². The summed E-state index contributed by atoms with van der Waals surface area (Å²) in [5.74, 6) is -0.215. The molecule has 1 aromatic rings. The zero-order valence-electron chi connectivity index (χ0n) is 12.7. The van der Waals surface area contributed by atoms with Gasteiger partial charge in [-0.05, 0) is 31.0 Å². The first-order valence-corrected chi connectivity index (χ1v) is 6.97. The zero-order valence-corrected chi connectivity index (χ0v) is 12.7. The van der Waals surface area contributed by atoms with Crippen LogP contribution in [0, 0.1) is 6.92 Å². The smallest absolute Gasteiger partial charge is 0.308 e. The lowest BCUT2D eigenvalue weighted by atomic mass is 10.0. The van der Waals surface area contributed by atoms with Crippen LogP contribution in [-0.4, -0.2) is 11.9 Å². The van der Waals surface area contributed by atoms with E-state index in [0.29, 0.717) is 16.9 Å². The Morgan fingerprint density at radius 1 is 1.38 bits per heavy atom. The standard InChI is InChI=1S/C16H22N2O3/c1-4-5-6-7-18-16(20)14-9-13(10-17)15(8-11(14)2)21-12(3)19/h6-9H,4-5,10,17H2,1-3H3,(H,18,20)/b7-6+. The summed E-state index contributed by atoms with van der Waals surface area (Å²) >= 11 is 0. The average molecular weight is 290 g/mol. The molecule has 0 atom stereocenters. The van der Waals surface area contributed by atoms with Gasteiger partial charge in [0.1, 0.15) is 5.75 Å². The van der Waals surface area contributed by atoms with Crippen LogP contribution in [0.15, 0.2) is 24.4 Å². The van der Waals surface area contributed by atoms with Crippen LogP contribution >= 0.6 is 0 Å². The van der Waals surface area contributed by atoms with Crippen molar-refractivity contribution in [2.45, 2.75) is 40.2 Å². The van der Waals surface area contributed by atoms with Gasteiger partial charge < -0.3 is 15.8 Å².